The van der Waals surface area contributed by atoms with Gasteiger partial charge in [0.15, 0.2) is 0 Å². The largest absolute Gasteiger partial charge is 0.497 e. The molecule has 0 amide bonds. The van der Waals surface area contributed by atoms with Gasteiger partial charge in [-0.2, -0.15) is 0 Å². The number of ether oxygens (including phenoxy) is 4. The number of halogens is 2. The number of esters is 1. The SMILES string of the molecule is COc1ccc(C(=O)OC[C@@H]2CO[C@@](CBr)(c3ccc(Cl)cc3)O2)cc1. The van der Waals surface area contributed by atoms with Gasteiger partial charge in [0.1, 0.15) is 18.5 Å². The van der Waals surface area contributed by atoms with Crippen LogP contribution in [0.15, 0.2) is 48.5 Å². The van der Waals surface area contributed by atoms with Crippen LogP contribution in [0.5, 0.6) is 5.75 Å². The molecule has 138 valence electrons. The van der Waals surface area contributed by atoms with E-state index in [-0.39, 0.29) is 12.7 Å². The molecule has 0 saturated carbocycles. The Labute approximate surface area is 165 Å². The first kappa shape index (κ1) is 19.2. The molecule has 0 aromatic heterocycles. The first-order chi connectivity index (χ1) is 12.6. The Hall–Kier alpha value is -1.60. The van der Waals surface area contributed by atoms with Crippen LogP contribution in [0, 0.1) is 0 Å². The lowest BCUT2D eigenvalue weighted by Gasteiger charge is -2.26. The summed E-state index contributed by atoms with van der Waals surface area (Å²) >= 11 is 9.38. The van der Waals surface area contributed by atoms with Gasteiger partial charge in [-0.3, -0.25) is 0 Å². The molecular formula is C19H18BrClO5. The first-order valence-electron chi connectivity index (χ1n) is 8.01. The fourth-order valence-corrected chi connectivity index (χ4v) is 3.37. The molecule has 1 heterocycles. The molecule has 0 N–H and O–H groups in total. The van der Waals surface area contributed by atoms with Crippen LogP contribution in [0.3, 0.4) is 0 Å². The lowest BCUT2D eigenvalue weighted by Crippen LogP contribution is -2.31. The van der Waals surface area contributed by atoms with E-state index >= 15 is 0 Å². The summed E-state index contributed by atoms with van der Waals surface area (Å²) in [4.78, 5) is 12.2. The Morgan fingerprint density at radius 1 is 1.23 bits per heavy atom. The number of hydrogen-bond acceptors (Lipinski definition) is 5. The van der Waals surface area contributed by atoms with Gasteiger partial charge in [-0.05, 0) is 36.4 Å². The molecule has 0 bridgehead atoms. The summed E-state index contributed by atoms with van der Waals surface area (Å²) in [5.74, 6) is -0.653. The van der Waals surface area contributed by atoms with Crippen molar-refractivity contribution in [2.45, 2.75) is 11.9 Å². The summed E-state index contributed by atoms with van der Waals surface area (Å²) in [5, 5.41) is 1.09. The van der Waals surface area contributed by atoms with E-state index in [0.717, 1.165) is 5.56 Å². The van der Waals surface area contributed by atoms with Crippen molar-refractivity contribution in [3.63, 3.8) is 0 Å². The Balaban J connectivity index is 1.59. The fraction of sp³-hybridized carbons (Fsp3) is 0.316. The normalized spacial score (nSPS) is 22.2. The summed E-state index contributed by atoms with van der Waals surface area (Å²) in [7, 11) is 1.57. The molecule has 0 radical (unpaired) electrons. The van der Waals surface area contributed by atoms with Gasteiger partial charge >= 0.3 is 5.97 Å². The van der Waals surface area contributed by atoms with Crippen molar-refractivity contribution in [2.75, 3.05) is 25.7 Å². The molecule has 1 saturated heterocycles. The van der Waals surface area contributed by atoms with Crippen LogP contribution >= 0.6 is 27.5 Å². The summed E-state index contributed by atoms with van der Waals surface area (Å²) in [5.41, 5.74) is 1.30. The van der Waals surface area contributed by atoms with Gasteiger partial charge < -0.3 is 18.9 Å². The van der Waals surface area contributed by atoms with Gasteiger partial charge in [0.2, 0.25) is 5.79 Å². The number of carbonyl (C=O) groups excluding carboxylic acids is 1. The van der Waals surface area contributed by atoms with Crippen LogP contribution in [-0.4, -0.2) is 37.7 Å². The third kappa shape index (κ3) is 4.20. The molecular weight excluding hydrogens is 424 g/mol. The number of carbonyl (C=O) groups is 1. The molecule has 0 spiro atoms. The summed E-state index contributed by atoms with van der Waals surface area (Å²) < 4.78 is 22.3. The number of rotatable bonds is 6. The molecule has 7 heteroatoms. The molecule has 2 aromatic carbocycles. The standard InChI is InChI=1S/C19H18BrClO5/c1-23-16-8-2-13(3-9-16)18(22)24-10-17-11-25-19(12-20,26-17)14-4-6-15(21)7-5-14/h2-9,17H,10-12H2,1H3/t17-,19-/m1/s1. The highest BCUT2D eigenvalue weighted by Gasteiger charge is 2.42. The highest BCUT2D eigenvalue weighted by Crippen LogP contribution is 2.36. The zero-order valence-corrected chi connectivity index (χ0v) is 16.5. The average Bonchev–Trinajstić information content (AvgIpc) is 3.11. The Bertz CT molecular complexity index is 750. The second-order valence-electron chi connectivity index (χ2n) is 5.77. The average molecular weight is 442 g/mol. The van der Waals surface area contributed by atoms with Crippen LogP contribution < -0.4 is 4.74 Å². The summed E-state index contributed by atoms with van der Waals surface area (Å²) in [6.07, 6.45) is -0.356. The van der Waals surface area contributed by atoms with Crippen molar-refractivity contribution in [3.05, 3.63) is 64.7 Å². The first-order valence-corrected chi connectivity index (χ1v) is 9.51. The van der Waals surface area contributed by atoms with Crippen molar-refractivity contribution in [2.24, 2.45) is 0 Å². The molecule has 1 aliphatic heterocycles. The number of benzene rings is 2. The lowest BCUT2D eigenvalue weighted by molar-refractivity contribution is -0.160. The van der Waals surface area contributed by atoms with E-state index < -0.39 is 11.8 Å². The van der Waals surface area contributed by atoms with Crippen molar-refractivity contribution >= 4 is 33.5 Å². The molecule has 0 aliphatic carbocycles. The fourth-order valence-electron chi connectivity index (χ4n) is 2.63. The Kier molecular flexibility index (Phi) is 6.19. The monoisotopic (exact) mass is 440 g/mol. The van der Waals surface area contributed by atoms with E-state index in [1.807, 2.05) is 12.1 Å². The minimum Gasteiger partial charge on any atom is -0.497 e. The highest BCUT2D eigenvalue weighted by atomic mass is 79.9. The van der Waals surface area contributed by atoms with Gasteiger partial charge in [0.25, 0.3) is 0 Å². The Morgan fingerprint density at radius 3 is 2.54 bits per heavy atom. The third-order valence-electron chi connectivity index (χ3n) is 4.05. The quantitative estimate of drug-likeness (QED) is 0.497. The van der Waals surface area contributed by atoms with Crippen molar-refractivity contribution in [3.8, 4) is 5.75 Å². The van der Waals surface area contributed by atoms with Gasteiger partial charge in [0, 0.05) is 10.6 Å². The minimum atomic E-state index is -0.915. The molecule has 26 heavy (non-hydrogen) atoms. The maximum atomic E-state index is 12.2. The topological polar surface area (TPSA) is 54.0 Å². The van der Waals surface area contributed by atoms with Crippen LogP contribution in [0.25, 0.3) is 0 Å². The zero-order chi connectivity index (χ0) is 18.6. The van der Waals surface area contributed by atoms with Crippen LogP contribution in [0.1, 0.15) is 15.9 Å². The predicted molar refractivity (Wildman–Crippen MR) is 101 cm³/mol. The number of methoxy groups -OCH3 is 1. The van der Waals surface area contributed by atoms with Crippen molar-refractivity contribution in [1.29, 1.82) is 0 Å². The molecule has 1 aliphatic rings. The molecule has 3 rings (SSSR count). The molecule has 0 unspecified atom stereocenters. The highest BCUT2D eigenvalue weighted by molar-refractivity contribution is 9.09. The van der Waals surface area contributed by atoms with Gasteiger partial charge in [-0.1, -0.05) is 39.7 Å². The molecule has 2 aromatic rings. The second-order valence-corrected chi connectivity index (χ2v) is 6.77. The maximum Gasteiger partial charge on any atom is 0.338 e. The molecule has 2 atom stereocenters. The number of alkyl halides is 1. The van der Waals surface area contributed by atoms with E-state index in [9.17, 15) is 4.79 Å². The van der Waals surface area contributed by atoms with E-state index in [1.54, 1.807) is 43.5 Å². The lowest BCUT2D eigenvalue weighted by atomic mass is 10.1. The number of hydrogen-bond donors (Lipinski definition) is 0. The van der Waals surface area contributed by atoms with E-state index in [0.29, 0.717) is 28.3 Å². The van der Waals surface area contributed by atoms with Crippen molar-refractivity contribution in [1.82, 2.24) is 0 Å². The van der Waals surface area contributed by atoms with E-state index in [2.05, 4.69) is 15.9 Å². The summed E-state index contributed by atoms with van der Waals surface area (Å²) in [6, 6.07) is 14.0. The second kappa shape index (κ2) is 8.39. The van der Waals surface area contributed by atoms with E-state index in [1.165, 1.54) is 0 Å². The van der Waals surface area contributed by atoms with Crippen LogP contribution in [0.4, 0.5) is 0 Å². The zero-order valence-electron chi connectivity index (χ0n) is 14.1. The van der Waals surface area contributed by atoms with Gasteiger partial charge in [0.05, 0.1) is 24.6 Å². The van der Waals surface area contributed by atoms with E-state index in [4.69, 9.17) is 30.5 Å². The van der Waals surface area contributed by atoms with Crippen LogP contribution in [0.2, 0.25) is 5.02 Å². The van der Waals surface area contributed by atoms with Crippen LogP contribution in [-0.2, 0) is 20.0 Å². The molecule has 5 nitrogen and oxygen atoms in total. The Morgan fingerprint density at radius 2 is 1.92 bits per heavy atom. The van der Waals surface area contributed by atoms with Crippen molar-refractivity contribution < 1.29 is 23.7 Å². The predicted octanol–water partition coefficient (Wildman–Crippen LogP) is 4.17. The maximum absolute atomic E-state index is 12.2. The van der Waals surface area contributed by atoms with Gasteiger partial charge in [-0.25, -0.2) is 4.79 Å². The summed E-state index contributed by atoms with van der Waals surface area (Å²) in [6.45, 7) is 0.428. The third-order valence-corrected chi connectivity index (χ3v) is 5.04. The smallest absolute Gasteiger partial charge is 0.338 e. The molecule has 1 fully saturated rings. The minimum absolute atomic E-state index is 0.104. The van der Waals surface area contributed by atoms with Gasteiger partial charge in [-0.15, -0.1) is 0 Å².